The van der Waals surface area contributed by atoms with Crippen LogP contribution in [0.25, 0.3) is 0 Å². The molecule has 6 heteroatoms. The number of carbonyl (C=O) groups is 1. The zero-order valence-electron chi connectivity index (χ0n) is 19.1. The topological polar surface area (TPSA) is 66.5 Å². The number of hydrogen-bond acceptors (Lipinski definition) is 3. The smallest absolute Gasteiger partial charge is 0.241 e. The van der Waals surface area contributed by atoms with Gasteiger partial charge >= 0.3 is 0 Å². The molecule has 0 spiro atoms. The molecule has 2 rings (SSSR count). The van der Waals surface area contributed by atoms with E-state index in [0.717, 1.165) is 33.7 Å². The van der Waals surface area contributed by atoms with E-state index in [4.69, 9.17) is 0 Å². The molecule has 0 unspecified atom stereocenters. The summed E-state index contributed by atoms with van der Waals surface area (Å²) in [5.41, 5.74) is 4.88. The van der Waals surface area contributed by atoms with Gasteiger partial charge in [-0.05, 0) is 54.5 Å². The van der Waals surface area contributed by atoms with Gasteiger partial charge in [0.05, 0.1) is 18.0 Å². The highest BCUT2D eigenvalue weighted by molar-refractivity contribution is 7.92. The second-order valence-corrected chi connectivity index (χ2v) is 10.9. The molecule has 2 aromatic rings. The molecule has 0 heterocycles. The average Bonchev–Trinajstić information content (AvgIpc) is 2.63. The SMILES string of the molecule is CC[C@@H](NC(=O)CN(c1ccc(C(C)(C)C)cc1)S(C)(=O)=O)c1ccc(C)cc1C. The van der Waals surface area contributed by atoms with Crippen molar-refractivity contribution >= 4 is 21.6 Å². The molecule has 0 radical (unpaired) electrons. The lowest BCUT2D eigenvalue weighted by molar-refractivity contribution is -0.120. The number of benzene rings is 2. The number of rotatable bonds is 7. The first-order chi connectivity index (χ1) is 13.8. The lowest BCUT2D eigenvalue weighted by Gasteiger charge is -2.26. The third-order valence-electron chi connectivity index (χ3n) is 5.25. The Morgan fingerprint density at radius 3 is 2.13 bits per heavy atom. The van der Waals surface area contributed by atoms with Crippen LogP contribution in [0.1, 0.15) is 62.4 Å². The molecule has 0 aliphatic heterocycles. The van der Waals surface area contributed by atoms with Crippen molar-refractivity contribution in [3.8, 4) is 0 Å². The molecular formula is C24H34N2O3S. The van der Waals surface area contributed by atoms with Crippen molar-refractivity contribution in [2.75, 3.05) is 17.1 Å². The Morgan fingerprint density at radius 2 is 1.67 bits per heavy atom. The standard InChI is InChI=1S/C24H34N2O3S/c1-8-22(21-14-9-17(2)15-18(21)3)25-23(27)16-26(30(7,28)29)20-12-10-19(11-13-20)24(4,5)6/h9-15,22H,8,16H2,1-7H3,(H,25,27)/t22-/m1/s1. The van der Waals surface area contributed by atoms with E-state index in [0.29, 0.717) is 5.69 Å². The molecule has 1 N–H and O–H groups in total. The summed E-state index contributed by atoms with van der Waals surface area (Å²) in [6.07, 6.45) is 1.84. The fourth-order valence-electron chi connectivity index (χ4n) is 3.51. The van der Waals surface area contributed by atoms with E-state index in [1.54, 1.807) is 12.1 Å². The summed E-state index contributed by atoms with van der Waals surface area (Å²) in [5, 5.41) is 3.01. The van der Waals surface area contributed by atoms with Gasteiger partial charge in [0.15, 0.2) is 0 Å². The first-order valence-electron chi connectivity index (χ1n) is 10.3. The number of carbonyl (C=O) groups excluding carboxylic acids is 1. The molecule has 1 atom stereocenters. The van der Waals surface area contributed by atoms with Crippen LogP contribution in [0.4, 0.5) is 5.69 Å². The molecule has 5 nitrogen and oxygen atoms in total. The Balaban J connectivity index is 2.23. The molecular weight excluding hydrogens is 396 g/mol. The zero-order valence-corrected chi connectivity index (χ0v) is 19.9. The molecule has 0 bridgehead atoms. The van der Waals surface area contributed by atoms with Crippen LogP contribution in [0, 0.1) is 13.8 Å². The number of sulfonamides is 1. The zero-order chi connectivity index (χ0) is 22.7. The maximum absolute atomic E-state index is 12.8. The lowest BCUT2D eigenvalue weighted by Crippen LogP contribution is -2.41. The number of nitrogens with zero attached hydrogens (tertiary/aromatic N) is 1. The van der Waals surface area contributed by atoms with Crippen LogP contribution >= 0.6 is 0 Å². The summed E-state index contributed by atoms with van der Waals surface area (Å²) < 4.78 is 26.0. The monoisotopic (exact) mass is 430 g/mol. The minimum absolute atomic E-state index is 0.0356. The van der Waals surface area contributed by atoms with Gasteiger partial charge in [-0.3, -0.25) is 9.10 Å². The van der Waals surface area contributed by atoms with Crippen molar-refractivity contribution in [1.29, 1.82) is 0 Å². The summed E-state index contributed by atoms with van der Waals surface area (Å²) in [7, 11) is -3.61. The van der Waals surface area contributed by atoms with Crippen molar-refractivity contribution in [1.82, 2.24) is 5.32 Å². The van der Waals surface area contributed by atoms with Gasteiger partial charge in [-0.15, -0.1) is 0 Å². The van der Waals surface area contributed by atoms with Crippen molar-refractivity contribution in [2.24, 2.45) is 0 Å². The first-order valence-corrected chi connectivity index (χ1v) is 12.1. The predicted octanol–water partition coefficient (Wildman–Crippen LogP) is 4.63. The molecule has 0 aromatic heterocycles. The maximum atomic E-state index is 12.8. The van der Waals surface area contributed by atoms with Gasteiger partial charge in [0.1, 0.15) is 6.54 Å². The van der Waals surface area contributed by atoms with Gasteiger partial charge in [0.25, 0.3) is 0 Å². The van der Waals surface area contributed by atoms with Gasteiger partial charge in [-0.2, -0.15) is 0 Å². The van der Waals surface area contributed by atoms with Crippen molar-refractivity contribution < 1.29 is 13.2 Å². The number of anilines is 1. The highest BCUT2D eigenvalue weighted by atomic mass is 32.2. The van der Waals surface area contributed by atoms with Gasteiger partial charge in [0.2, 0.25) is 15.9 Å². The van der Waals surface area contributed by atoms with E-state index in [2.05, 4.69) is 32.2 Å². The number of nitrogens with one attached hydrogen (secondary N) is 1. The lowest BCUT2D eigenvalue weighted by atomic mass is 9.87. The van der Waals surface area contributed by atoms with Crippen molar-refractivity contribution in [2.45, 2.75) is 59.4 Å². The number of aryl methyl sites for hydroxylation is 2. The summed E-state index contributed by atoms with van der Waals surface area (Å²) >= 11 is 0. The fourth-order valence-corrected chi connectivity index (χ4v) is 4.37. The molecule has 0 aliphatic rings. The van der Waals surface area contributed by atoms with Gasteiger partial charge < -0.3 is 5.32 Å². The molecule has 0 fully saturated rings. The van der Waals surface area contributed by atoms with Gasteiger partial charge in [0, 0.05) is 0 Å². The second kappa shape index (κ2) is 9.21. The molecule has 164 valence electrons. The highest BCUT2D eigenvalue weighted by Gasteiger charge is 2.23. The second-order valence-electron chi connectivity index (χ2n) is 8.95. The third kappa shape index (κ3) is 6.08. The summed E-state index contributed by atoms with van der Waals surface area (Å²) in [6.45, 7) is 12.1. The first kappa shape index (κ1) is 23.9. The predicted molar refractivity (Wildman–Crippen MR) is 124 cm³/mol. The molecule has 30 heavy (non-hydrogen) atoms. The molecule has 0 saturated heterocycles. The quantitative estimate of drug-likeness (QED) is 0.696. The summed E-state index contributed by atoms with van der Waals surface area (Å²) in [4.78, 5) is 12.8. The highest BCUT2D eigenvalue weighted by Crippen LogP contribution is 2.26. The van der Waals surface area contributed by atoms with E-state index in [-0.39, 0.29) is 23.9 Å². The average molecular weight is 431 g/mol. The Kier molecular flexibility index (Phi) is 7.35. The summed E-state index contributed by atoms with van der Waals surface area (Å²) in [6, 6.07) is 13.3. The normalized spacial score (nSPS) is 13.0. The molecule has 0 saturated carbocycles. The Morgan fingerprint density at radius 1 is 1.07 bits per heavy atom. The van der Waals surface area contributed by atoms with Crippen LogP contribution < -0.4 is 9.62 Å². The molecule has 2 aromatic carbocycles. The minimum atomic E-state index is -3.61. The fraction of sp³-hybridized carbons (Fsp3) is 0.458. The third-order valence-corrected chi connectivity index (χ3v) is 6.39. The maximum Gasteiger partial charge on any atom is 0.241 e. The number of hydrogen-bond donors (Lipinski definition) is 1. The van der Waals surface area contributed by atoms with Crippen LogP contribution in [0.15, 0.2) is 42.5 Å². The van der Waals surface area contributed by atoms with Crippen LogP contribution in [0.3, 0.4) is 0 Å². The number of amides is 1. The van der Waals surface area contributed by atoms with E-state index in [1.165, 1.54) is 5.56 Å². The Hall–Kier alpha value is -2.34. The largest absolute Gasteiger partial charge is 0.348 e. The summed E-state index contributed by atoms with van der Waals surface area (Å²) in [5.74, 6) is -0.327. The van der Waals surface area contributed by atoms with Crippen molar-refractivity contribution in [3.63, 3.8) is 0 Å². The van der Waals surface area contributed by atoms with Gasteiger partial charge in [-0.25, -0.2) is 8.42 Å². The van der Waals surface area contributed by atoms with Crippen LogP contribution in [-0.2, 0) is 20.2 Å². The molecule has 0 aliphatic carbocycles. The minimum Gasteiger partial charge on any atom is -0.348 e. The van der Waals surface area contributed by atoms with Crippen molar-refractivity contribution in [3.05, 3.63) is 64.7 Å². The van der Waals surface area contributed by atoms with E-state index >= 15 is 0 Å². The Bertz CT molecular complexity index is 990. The van der Waals surface area contributed by atoms with E-state index < -0.39 is 10.0 Å². The van der Waals surface area contributed by atoms with Crippen LogP contribution in [0.5, 0.6) is 0 Å². The van der Waals surface area contributed by atoms with Crippen LogP contribution in [0.2, 0.25) is 0 Å². The Labute approximate surface area is 181 Å². The van der Waals surface area contributed by atoms with Crippen LogP contribution in [-0.4, -0.2) is 27.1 Å². The van der Waals surface area contributed by atoms with E-state index in [1.807, 2.05) is 45.0 Å². The molecule has 1 amide bonds. The van der Waals surface area contributed by atoms with Gasteiger partial charge in [-0.1, -0.05) is 63.6 Å². The van der Waals surface area contributed by atoms with E-state index in [9.17, 15) is 13.2 Å².